The summed E-state index contributed by atoms with van der Waals surface area (Å²) < 4.78 is 2.25. The van der Waals surface area contributed by atoms with E-state index in [2.05, 4.69) is 16.5 Å². The van der Waals surface area contributed by atoms with Crippen LogP contribution in [0.2, 0.25) is 0 Å². The van der Waals surface area contributed by atoms with Crippen LogP contribution in [0.1, 0.15) is 38.1 Å². The first kappa shape index (κ1) is 13.8. The molecule has 1 aromatic heterocycles. The third-order valence-electron chi connectivity index (χ3n) is 4.06. The monoisotopic (exact) mass is 291 g/mol. The maximum Gasteiger partial charge on any atom is 0.136 e. The molecule has 0 aliphatic heterocycles. The third kappa shape index (κ3) is 2.29. The van der Waals surface area contributed by atoms with E-state index in [0.29, 0.717) is 11.3 Å². The van der Waals surface area contributed by atoms with Crippen molar-refractivity contribution in [2.24, 2.45) is 0 Å². The Bertz CT molecular complexity index is 610. The van der Waals surface area contributed by atoms with Gasteiger partial charge in [0.2, 0.25) is 0 Å². The Kier molecular flexibility index (Phi) is 3.89. The van der Waals surface area contributed by atoms with Crippen LogP contribution in [-0.4, -0.2) is 25.7 Å². The van der Waals surface area contributed by atoms with Gasteiger partial charge in [-0.15, -0.1) is 0 Å². The Hall–Kier alpha value is -1.20. The van der Waals surface area contributed by atoms with E-state index >= 15 is 0 Å². The lowest BCUT2D eigenvalue weighted by atomic mass is 10.2. The number of nitrogens with two attached hydrogens (primary N) is 1. The zero-order valence-corrected chi connectivity index (χ0v) is 12.6. The largest absolute Gasteiger partial charge is 0.399 e. The molecule has 3 N–H and O–H groups in total. The fourth-order valence-electron chi connectivity index (χ4n) is 3.26. The van der Waals surface area contributed by atoms with Gasteiger partial charge in [-0.25, -0.2) is 4.98 Å². The molecule has 1 saturated carbocycles. The highest BCUT2D eigenvalue weighted by molar-refractivity contribution is 7.99. The molecular formula is C15H21N3OS. The molecule has 0 radical (unpaired) electrons. The number of nitrogens with zero attached hydrogens (tertiary/aromatic N) is 2. The van der Waals surface area contributed by atoms with Crippen molar-refractivity contribution in [1.29, 1.82) is 0 Å². The van der Waals surface area contributed by atoms with Crippen LogP contribution in [-0.2, 0) is 6.61 Å². The average molecular weight is 291 g/mol. The van der Waals surface area contributed by atoms with Crippen LogP contribution in [0.5, 0.6) is 0 Å². The number of benzene rings is 1. The first-order valence-electron chi connectivity index (χ1n) is 7.23. The van der Waals surface area contributed by atoms with E-state index in [1.54, 1.807) is 0 Å². The van der Waals surface area contributed by atoms with Gasteiger partial charge >= 0.3 is 0 Å². The van der Waals surface area contributed by atoms with Gasteiger partial charge in [-0.3, -0.25) is 0 Å². The molecule has 1 fully saturated rings. The summed E-state index contributed by atoms with van der Waals surface area (Å²) in [5.74, 6) is 1.90. The van der Waals surface area contributed by atoms with Crippen molar-refractivity contribution in [2.75, 3.05) is 11.5 Å². The Morgan fingerprint density at radius 3 is 3.05 bits per heavy atom. The maximum atomic E-state index is 9.64. The first-order valence-corrected chi connectivity index (χ1v) is 8.28. The number of hydrogen-bond acceptors (Lipinski definition) is 4. The molecule has 1 aliphatic carbocycles. The summed E-state index contributed by atoms with van der Waals surface area (Å²) in [6.45, 7) is 2.19. The van der Waals surface area contributed by atoms with Gasteiger partial charge in [0, 0.05) is 17.0 Å². The van der Waals surface area contributed by atoms with E-state index in [1.807, 2.05) is 30.0 Å². The number of aliphatic hydroxyl groups excluding tert-OH is 1. The molecule has 2 atom stereocenters. The predicted molar refractivity (Wildman–Crippen MR) is 84.9 cm³/mol. The van der Waals surface area contributed by atoms with E-state index in [4.69, 9.17) is 5.73 Å². The molecule has 20 heavy (non-hydrogen) atoms. The second-order valence-electron chi connectivity index (χ2n) is 5.30. The molecule has 1 aromatic carbocycles. The minimum absolute atomic E-state index is 0.0192. The van der Waals surface area contributed by atoms with Crippen molar-refractivity contribution in [3.8, 4) is 0 Å². The maximum absolute atomic E-state index is 9.64. The average Bonchev–Trinajstić information content (AvgIpc) is 3.01. The molecule has 0 amide bonds. The lowest BCUT2D eigenvalue weighted by Gasteiger charge is -2.22. The van der Waals surface area contributed by atoms with Gasteiger partial charge in [-0.05, 0) is 36.8 Å². The second kappa shape index (κ2) is 5.66. The summed E-state index contributed by atoms with van der Waals surface area (Å²) in [4.78, 5) is 4.55. The fourth-order valence-corrected chi connectivity index (χ4v) is 4.50. The number of anilines is 1. The molecule has 0 saturated heterocycles. The molecule has 0 bridgehead atoms. The molecule has 108 valence electrons. The van der Waals surface area contributed by atoms with Gasteiger partial charge in [-0.1, -0.05) is 13.3 Å². The van der Waals surface area contributed by atoms with Crippen LogP contribution >= 0.6 is 11.8 Å². The van der Waals surface area contributed by atoms with Gasteiger partial charge in [0.25, 0.3) is 0 Å². The van der Waals surface area contributed by atoms with E-state index < -0.39 is 0 Å². The molecule has 2 unspecified atom stereocenters. The molecule has 0 spiro atoms. The van der Waals surface area contributed by atoms with Crippen molar-refractivity contribution in [3.63, 3.8) is 0 Å². The molecule has 3 rings (SSSR count). The van der Waals surface area contributed by atoms with Crippen molar-refractivity contribution in [3.05, 3.63) is 24.0 Å². The van der Waals surface area contributed by atoms with E-state index in [0.717, 1.165) is 28.3 Å². The third-order valence-corrected chi connectivity index (χ3v) is 5.37. The molecule has 2 aromatic rings. The van der Waals surface area contributed by atoms with E-state index in [1.165, 1.54) is 19.3 Å². The summed E-state index contributed by atoms with van der Waals surface area (Å²) in [6, 6.07) is 6.28. The SMILES string of the molecule is CCSC1CCCC1n1c(CO)nc2cc(N)ccc21. The minimum Gasteiger partial charge on any atom is -0.399 e. The summed E-state index contributed by atoms with van der Waals surface area (Å²) in [6.07, 6.45) is 3.67. The zero-order chi connectivity index (χ0) is 14.1. The Labute approximate surface area is 123 Å². The fraction of sp³-hybridized carbons (Fsp3) is 0.533. The number of imidazole rings is 1. The summed E-state index contributed by atoms with van der Waals surface area (Å²) in [5, 5.41) is 10.3. The van der Waals surface area contributed by atoms with Crippen LogP contribution in [0.15, 0.2) is 18.2 Å². The number of thioether (sulfide) groups is 1. The van der Waals surface area contributed by atoms with Crippen LogP contribution in [0.3, 0.4) is 0 Å². The number of aliphatic hydroxyl groups is 1. The number of aromatic nitrogens is 2. The van der Waals surface area contributed by atoms with Gasteiger partial charge in [0.1, 0.15) is 12.4 Å². The Balaban J connectivity index is 2.09. The van der Waals surface area contributed by atoms with Crippen LogP contribution in [0.4, 0.5) is 5.69 Å². The topological polar surface area (TPSA) is 64.1 Å². The molecular weight excluding hydrogens is 270 g/mol. The highest BCUT2D eigenvalue weighted by Crippen LogP contribution is 2.40. The highest BCUT2D eigenvalue weighted by Gasteiger charge is 2.31. The van der Waals surface area contributed by atoms with Gasteiger partial charge in [0.15, 0.2) is 0 Å². The van der Waals surface area contributed by atoms with E-state index in [-0.39, 0.29) is 6.61 Å². The Morgan fingerprint density at radius 2 is 2.30 bits per heavy atom. The molecule has 5 heteroatoms. The minimum atomic E-state index is -0.0192. The summed E-state index contributed by atoms with van der Waals surface area (Å²) >= 11 is 2.02. The molecule has 1 aliphatic rings. The van der Waals surface area contributed by atoms with Gasteiger partial charge in [-0.2, -0.15) is 11.8 Å². The second-order valence-corrected chi connectivity index (χ2v) is 6.81. The van der Waals surface area contributed by atoms with Gasteiger partial charge < -0.3 is 15.4 Å². The van der Waals surface area contributed by atoms with Crippen LogP contribution in [0, 0.1) is 0 Å². The zero-order valence-electron chi connectivity index (χ0n) is 11.7. The van der Waals surface area contributed by atoms with Gasteiger partial charge in [0.05, 0.1) is 11.0 Å². The van der Waals surface area contributed by atoms with Crippen molar-refractivity contribution in [1.82, 2.24) is 9.55 Å². The number of hydrogen-bond donors (Lipinski definition) is 2. The smallest absolute Gasteiger partial charge is 0.136 e. The van der Waals surface area contributed by atoms with Crippen LogP contribution in [0.25, 0.3) is 11.0 Å². The first-order chi connectivity index (χ1) is 9.74. The summed E-state index contributed by atoms with van der Waals surface area (Å²) in [7, 11) is 0. The lowest BCUT2D eigenvalue weighted by molar-refractivity contribution is 0.262. The Morgan fingerprint density at radius 1 is 1.45 bits per heavy atom. The van der Waals surface area contributed by atoms with Crippen LogP contribution < -0.4 is 5.73 Å². The molecule has 1 heterocycles. The van der Waals surface area contributed by atoms with Crippen molar-refractivity contribution in [2.45, 2.75) is 44.1 Å². The lowest BCUT2D eigenvalue weighted by Crippen LogP contribution is -2.18. The standard InChI is InChI=1S/C15H21N3OS/c1-2-20-14-5-3-4-13(14)18-12-7-6-10(16)8-11(12)17-15(18)9-19/h6-8,13-14,19H,2-5,9,16H2,1H3. The van der Waals surface area contributed by atoms with Crippen molar-refractivity contribution >= 4 is 28.5 Å². The predicted octanol–water partition coefficient (Wildman–Crippen LogP) is 2.96. The quantitative estimate of drug-likeness (QED) is 0.850. The number of fused-ring (bicyclic) bond motifs is 1. The molecule has 4 nitrogen and oxygen atoms in total. The van der Waals surface area contributed by atoms with E-state index in [9.17, 15) is 5.11 Å². The number of nitrogen functional groups attached to an aromatic ring is 1. The van der Waals surface area contributed by atoms with Crippen molar-refractivity contribution < 1.29 is 5.11 Å². The number of rotatable bonds is 4. The highest BCUT2D eigenvalue weighted by atomic mass is 32.2. The normalized spacial score (nSPS) is 22.7. The summed E-state index contributed by atoms with van der Waals surface area (Å²) in [5.41, 5.74) is 8.54.